The van der Waals surface area contributed by atoms with Crippen LogP contribution in [0.2, 0.25) is 0 Å². The smallest absolute Gasteiger partial charge is 0.331 e. The molecule has 1 atom stereocenters. The second kappa shape index (κ2) is 5.31. The molecule has 17 heavy (non-hydrogen) atoms. The number of aliphatic carboxylic acids is 1. The normalized spacial score (nSPS) is 17.2. The minimum atomic E-state index is -1.01. The van der Waals surface area contributed by atoms with Crippen molar-refractivity contribution in [3.05, 3.63) is 22.4 Å². The average Bonchev–Trinajstić information content (AvgIpc) is 2.72. The van der Waals surface area contributed by atoms with Gasteiger partial charge in [-0.2, -0.15) is 0 Å². The van der Waals surface area contributed by atoms with Gasteiger partial charge in [0, 0.05) is 11.3 Å². The largest absolute Gasteiger partial charge is 0.479 e. The van der Waals surface area contributed by atoms with E-state index in [2.05, 4.69) is 5.32 Å². The summed E-state index contributed by atoms with van der Waals surface area (Å²) in [5, 5.41) is 13.5. The highest BCUT2D eigenvalue weighted by molar-refractivity contribution is 7.10. The van der Waals surface area contributed by atoms with E-state index in [-0.39, 0.29) is 5.91 Å². The van der Waals surface area contributed by atoms with Crippen LogP contribution in [0, 0.1) is 5.92 Å². The molecule has 1 amide bonds. The van der Waals surface area contributed by atoms with E-state index in [1.54, 1.807) is 12.1 Å². The molecular formula is C12H15NO3S. The molecule has 92 valence electrons. The van der Waals surface area contributed by atoms with E-state index in [4.69, 9.17) is 5.11 Å². The van der Waals surface area contributed by atoms with Gasteiger partial charge < -0.3 is 10.4 Å². The highest BCUT2D eigenvalue weighted by Gasteiger charge is 2.26. The molecule has 4 nitrogen and oxygen atoms in total. The molecule has 0 spiro atoms. The van der Waals surface area contributed by atoms with E-state index in [1.807, 2.05) is 5.38 Å². The summed E-state index contributed by atoms with van der Waals surface area (Å²) in [5.74, 6) is -0.710. The van der Waals surface area contributed by atoms with Gasteiger partial charge in [-0.05, 0) is 30.2 Å². The molecule has 1 aliphatic carbocycles. The van der Waals surface area contributed by atoms with Crippen LogP contribution in [0.3, 0.4) is 0 Å². The van der Waals surface area contributed by atoms with Crippen LogP contribution in [-0.2, 0) is 9.59 Å². The maximum atomic E-state index is 11.7. The van der Waals surface area contributed by atoms with Gasteiger partial charge in [0.05, 0.1) is 0 Å². The molecule has 5 heteroatoms. The first kappa shape index (κ1) is 12.1. The van der Waals surface area contributed by atoms with Crippen molar-refractivity contribution >= 4 is 23.2 Å². The van der Waals surface area contributed by atoms with Gasteiger partial charge in [0.1, 0.15) is 0 Å². The molecule has 2 rings (SSSR count). The fourth-order valence-electron chi connectivity index (χ4n) is 1.89. The Kier molecular flexibility index (Phi) is 3.78. The van der Waals surface area contributed by atoms with Crippen LogP contribution in [0.15, 0.2) is 17.5 Å². The first-order valence-corrected chi connectivity index (χ1v) is 6.60. The monoisotopic (exact) mass is 253 g/mol. The molecule has 0 saturated heterocycles. The van der Waals surface area contributed by atoms with E-state index in [1.165, 1.54) is 17.8 Å². The molecule has 0 bridgehead atoms. The highest BCUT2D eigenvalue weighted by atomic mass is 32.1. The van der Waals surface area contributed by atoms with Gasteiger partial charge in [0.2, 0.25) is 5.91 Å². The van der Waals surface area contributed by atoms with E-state index in [9.17, 15) is 9.59 Å². The summed E-state index contributed by atoms with van der Waals surface area (Å²) in [6, 6.07) is 2.61. The Balaban J connectivity index is 1.93. The van der Waals surface area contributed by atoms with Crippen molar-refractivity contribution in [1.29, 1.82) is 0 Å². The molecule has 1 fully saturated rings. The number of hydrogen-bond donors (Lipinski definition) is 2. The van der Waals surface area contributed by atoms with Crippen LogP contribution >= 0.6 is 11.3 Å². The number of carboxylic acids is 1. The number of thiophene rings is 1. The SMILES string of the molecule is O=C(CC1CCC1)NC(C(=O)O)c1cccs1. The Morgan fingerprint density at radius 3 is 2.76 bits per heavy atom. The molecule has 1 aliphatic rings. The minimum Gasteiger partial charge on any atom is -0.479 e. The standard InChI is InChI=1S/C12H15NO3S/c14-10(7-8-3-1-4-8)13-11(12(15)16)9-5-2-6-17-9/h2,5-6,8,11H,1,3-4,7H2,(H,13,14)(H,15,16). The third-order valence-corrected chi connectivity index (χ3v) is 4.02. The Hall–Kier alpha value is -1.36. The lowest BCUT2D eigenvalue weighted by atomic mass is 9.83. The summed E-state index contributed by atoms with van der Waals surface area (Å²) in [6.45, 7) is 0. The van der Waals surface area contributed by atoms with Gasteiger partial charge >= 0.3 is 5.97 Å². The van der Waals surface area contributed by atoms with Crippen molar-refractivity contribution in [2.45, 2.75) is 31.7 Å². The van der Waals surface area contributed by atoms with Gasteiger partial charge in [-0.3, -0.25) is 4.79 Å². The van der Waals surface area contributed by atoms with Gasteiger partial charge in [-0.15, -0.1) is 11.3 Å². The van der Waals surface area contributed by atoms with Crippen molar-refractivity contribution in [3.8, 4) is 0 Å². The maximum Gasteiger partial charge on any atom is 0.331 e. The average molecular weight is 253 g/mol. The zero-order valence-corrected chi connectivity index (χ0v) is 10.2. The lowest BCUT2D eigenvalue weighted by Gasteiger charge is -2.25. The third kappa shape index (κ3) is 3.06. The maximum absolute atomic E-state index is 11.7. The predicted octanol–water partition coefficient (Wildman–Crippen LogP) is 2.18. The number of rotatable bonds is 5. The van der Waals surface area contributed by atoms with Gasteiger partial charge in [0.25, 0.3) is 0 Å². The fourth-order valence-corrected chi connectivity index (χ4v) is 2.66. The van der Waals surface area contributed by atoms with Crippen LogP contribution in [-0.4, -0.2) is 17.0 Å². The zero-order valence-electron chi connectivity index (χ0n) is 9.39. The lowest BCUT2D eigenvalue weighted by molar-refractivity contribution is -0.142. The predicted molar refractivity (Wildman–Crippen MR) is 64.8 cm³/mol. The van der Waals surface area contributed by atoms with Gasteiger partial charge in [0.15, 0.2) is 6.04 Å². The van der Waals surface area contributed by atoms with Crippen molar-refractivity contribution in [2.75, 3.05) is 0 Å². The third-order valence-electron chi connectivity index (χ3n) is 3.08. The van der Waals surface area contributed by atoms with Crippen LogP contribution in [0.5, 0.6) is 0 Å². The summed E-state index contributed by atoms with van der Waals surface area (Å²) < 4.78 is 0. The number of carbonyl (C=O) groups is 2. The molecule has 0 aromatic carbocycles. The number of carboxylic acid groups (broad SMARTS) is 1. The topological polar surface area (TPSA) is 66.4 Å². The molecule has 1 saturated carbocycles. The molecule has 0 radical (unpaired) electrons. The number of carbonyl (C=O) groups excluding carboxylic acids is 1. The van der Waals surface area contributed by atoms with Gasteiger partial charge in [-0.25, -0.2) is 4.79 Å². The van der Waals surface area contributed by atoms with E-state index < -0.39 is 12.0 Å². The quantitative estimate of drug-likeness (QED) is 0.845. The van der Waals surface area contributed by atoms with Crippen LogP contribution in [0.1, 0.15) is 36.6 Å². The molecule has 1 heterocycles. The minimum absolute atomic E-state index is 0.157. The van der Waals surface area contributed by atoms with E-state index >= 15 is 0 Å². The Morgan fingerprint density at radius 1 is 1.53 bits per heavy atom. The van der Waals surface area contributed by atoms with Crippen LogP contribution < -0.4 is 5.32 Å². The first-order chi connectivity index (χ1) is 8.16. The Morgan fingerprint density at radius 2 is 2.29 bits per heavy atom. The second-order valence-corrected chi connectivity index (χ2v) is 5.33. The van der Waals surface area contributed by atoms with E-state index in [0.29, 0.717) is 17.2 Å². The fraction of sp³-hybridized carbons (Fsp3) is 0.500. The molecule has 2 N–H and O–H groups in total. The molecule has 0 aliphatic heterocycles. The number of amides is 1. The Bertz CT molecular complexity index is 398. The molecule has 1 unspecified atom stereocenters. The van der Waals surface area contributed by atoms with Crippen molar-refractivity contribution in [2.24, 2.45) is 5.92 Å². The van der Waals surface area contributed by atoms with Crippen LogP contribution in [0.25, 0.3) is 0 Å². The summed E-state index contributed by atoms with van der Waals surface area (Å²) >= 11 is 1.34. The molecule has 1 aromatic rings. The summed E-state index contributed by atoms with van der Waals surface area (Å²) in [4.78, 5) is 23.4. The van der Waals surface area contributed by atoms with E-state index in [0.717, 1.165) is 12.8 Å². The first-order valence-electron chi connectivity index (χ1n) is 5.72. The van der Waals surface area contributed by atoms with Crippen LogP contribution in [0.4, 0.5) is 0 Å². The zero-order chi connectivity index (χ0) is 12.3. The number of nitrogens with one attached hydrogen (secondary N) is 1. The van der Waals surface area contributed by atoms with Crippen molar-refractivity contribution < 1.29 is 14.7 Å². The Labute approximate surface area is 104 Å². The summed E-state index contributed by atoms with van der Waals surface area (Å²) in [5.41, 5.74) is 0. The summed E-state index contributed by atoms with van der Waals surface area (Å²) in [7, 11) is 0. The second-order valence-electron chi connectivity index (χ2n) is 4.36. The molecule has 1 aromatic heterocycles. The van der Waals surface area contributed by atoms with Crippen molar-refractivity contribution in [3.63, 3.8) is 0 Å². The van der Waals surface area contributed by atoms with Gasteiger partial charge in [-0.1, -0.05) is 12.5 Å². The lowest BCUT2D eigenvalue weighted by Crippen LogP contribution is -2.35. The summed E-state index contributed by atoms with van der Waals surface area (Å²) in [6.07, 6.45) is 3.81. The number of hydrogen-bond acceptors (Lipinski definition) is 3. The highest BCUT2D eigenvalue weighted by Crippen LogP contribution is 2.29. The van der Waals surface area contributed by atoms with Crippen molar-refractivity contribution in [1.82, 2.24) is 5.32 Å². The molecular weight excluding hydrogens is 238 g/mol.